The SMILES string of the molecule is O=C(Nc1nc2c(ccc3ccccc32)s1)c1cccnc1Cl. The number of halogens is 1. The zero-order chi connectivity index (χ0) is 15.8. The third-order valence-electron chi connectivity index (χ3n) is 3.51. The van der Waals surface area contributed by atoms with Gasteiger partial charge in [0.05, 0.1) is 15.8 Å². The molecule has 0 aliphatic rings. The summed E-state index contributed by atoms with van der Waals surface area (Å²) in [6.07, 6.45) is 1.54. The monoisotopic (exact) mass is 339 g/mol. The first-order chi connectivity index (χ1) is 11.2. The van der Waals surface area contributed by atoms with Crippen LogP contribution in [0, 0.1) is 0 Å². The fourth-order valence-corrected chi connectivity index (χ4v) is 3.52. The Bertz CT molecular complexity index is 1040. The van der Waals surface area contributed by atoms with Crippen molar-refractivity contribution in [1.82, 2.24) is 9.97 Å². The number of nitrogens with one attached hydrogen (secondary N) is 1. The van der Waals surface area contributed by atoms with Crippen molar-refractivity contribution in [1.29, 1.82) is 0 Å². The van der Waals surface area contributed by atoms with Gasteiger partial charge in [-0.05, 0) is 23.6 Å². The summed E-state index contributed by atoms with van der Waals surface area (Å²) in [5.41, 5.74) is 1.22. The molecule has 112 valence electrons. The number of anilines is 1. The second-order valence-corrected chi connectivity index (χ2v) is 6.34. The van der Waals surface area contributed by atoms with Crippen LogP contribution >= 0.6 is 22.9 Å². The van der Waals surface area contributed by atoms with Crippen molar-refractivity contribution in [3.63, 3.8) is 0 Å². The van der Waals surface area contributed by atoms with Crippen LogP contribution in [0.5, 0.6) is 0 Å². The number of nitrogens with zero attached hydrogens (tertiary/aromatic N) is 2. The third-order valence-corrected chi connectivity index (χ3v) is 4.74. The lowest BCUT2D eigenvalue weighted by Gasteiger charge is -2.02. The standard InChI is InChI=1S/C17H10ClN3OS/c18-15-12(6-3-9-19-15)16(22)21-17-20-14-11-5-2-1-4-10(11)7-8-13(14)23-17/h1-9H,(H,20,21,22). The Hall–Kier alpha value is -2.50. The number of carbonyl (C=O) groups excluding carboxylic acids is 1. The Labute approximate surface area is 140 Å². The number of thiazole rings is 1. The minimum absolute atomic E-state index is 0.177. The molecule has 1 amide bonds. The maximum atomic E-state index is 12.3. The van der Waals surface area contributed by atoms with E-state index in [1.165, 1.54) is 11.3 Å². The van der Waals surface area contributed by atoms with Gasteiger partial charge < -0.3 is 0 Å². The van der Waals surface area contributed by atoms with Crippen molar-refractivity contribution in [3.05, 3.63) is 65.4 Å². The lowest BCUT2D eigenvalue weighted by atomic mass is 10.1. The molecule has 0 saturated carbocycles. The number of fused-ring (bicyclic) bond motifs is 3. The average molecular weight is 340 g/mol. The molecule has 2 heterocycles. The Kier molecular flexibility index (Phi) is 3.44. The molecular formula is C17H10ClN3OS. The second kappa shape index (κ2) is 5.61. The van der Waals surface area contributed by atoms with Gasteiger partial charge in [0.25, 0.3) is 5.91 Å². The van der Waals surface area contributed by atoms with Crippen LogP contribution in [-0.4, -0.2) is 15.9 Å². The molecule has 0 saturated heterocycles. The molecule has 0 atom stereocenters. The summed E-state index contributed by atoms with van der Waals surface area (Å²) in [5, 5.41) is 5.71. The largest absolute Gasteiger partial charge is 0.298 e. The molecule has 0 unspecified atom stereocenters. The highest BCUT2D eigenvalue weighted by Gasteiger charge is 2.14. The van der Waals surface area contributed by atoms with Crippen LogP contribution in [-0.2, 0) is 0 Å². The first-order valence-electron chi connectivity index (χ1n) is 6.92. The van der Waals surface area contributed by atoms with Gasteiger partial charge in [0.2, 0.25) is 0 Å². The Morgan fingerprint density at radius 1 is 1.09 bits per heavy atom. The highest BCUT2D eigenvalue weighted by atomic mass is 35.5. The van der Waals surface area contributed by atoms with Gasteiger partial charge in [0.1, 0.15) is 5.15 Å². The van der Waals surface area contributed by atoms with Gasteiger partial charge in [-0.2, -0.15) is 0 Å². The number of amides is 1. The van der Waals surface area contributed by atoms with E-state index in [0.717, 1.165) is 21.0 Å². The van der Waals surface area contributed by atoms with E-state index >= 15 is 0 Å². The predicted molar refractivity (Wildman–Crippen MR) is 94.3 cm³/mol. The number of rotatable bonds is 2. The van der Waals surface area contributed by atoms with E-state index in [2.05, 4.69) is 21.4 Å². The molecule has 1 N–H and O–H groups in total. The average Bonchev–Trinajstić information content (AvgIpc) is 2.98. The maximum Gasteiger partial charge on any atom is 0.260 e. The zero-order valence-electron chi connectivity index (χ0n) is 11.8. The van der Waals surface area contributed by atoms with Crippen LogP contribution in [0.1, 0.15) is 10.4 Å². The summed E-state index contributed by atoms with van der Waals surface area (Å²) in [5.74, 6) is -0.313. The molecule has 4 nitrogen and oxygen atoms in total. The van der Waals surface area contributed by atoms with E-state index in [-0.39, 0.29) is 11.1 Å². The first kappa shape index (κ1) is 14.1. The van der Waals surface area contributed by atoms with Crippen LogP contribution in [0.25, 0.3) is 21.0 Å². The quantitative estimate of drug-likeness (QED) is 0.536. The lowest BCUT2D eigenvalue weighted by Crippen LogP contribution is -2.12. The minimum Gasteiger partial charge on any atom is -0.298 e. The Balaban J connectivity index is 1.74. The topological polar surface area (TPSA) is 54.9 Å². The van der Waals surface area contributed by atoms with Crippen LogP contribution < -0.4 is 5.32 Å². The molecule has 23 heavy (non-hydrogen) atoms. The number of benzene rings is 2. The molecule has 6 heteroatoms. The molecule has 0 spiro atoms. The van der Waals surface area contributed by atoms with E-state index in [0.29, 0.717) is 10.7 Å². The maximum absolute atomic E-state index is 12.3. The number of carbonyl (C=O) groups is 1. The summed E-state index contributed by atoms with van der Waals surface area (Å²) in [6.45, 7) is 0. The number of hydrogen-bond donors (Lipinski definition) is 1. The van der Waals surface area contributed by atoms with E-state index in [4.69, 9.17) is 11.6 Å². The minimum atomic E-state index is -0.313. The van der Waals surface area contributed by atoms with Gasteiger partial charge in [-0.25, -0.2) is 9.97 Å². The fourth-order valence-electron chi connectivity index (χ4n) is 2.43. The van der Waals surface area contributed by atoms with Gasteiger partial charge in [0, 0.05) is 11.6 Å². The molecule has 4 rings (SSSR count). The normalized spacial score (nSPS) is 11.0. The smallest absolute Gasteiger partial charge is 0.260 e. The zero-order valence-corrected chi connectivity index (χ0v) is 13.4. The molecule has 2 aromatic carbocycles. The van der Waals surface area contributed by atoms with Gasteiger partial charge in [-0.15, -0.1) is 0 Å². The summed E-state index contributed by atoms with van der Waals surface area (Å²) in [4.78, 5) is 20.8. The molecule has 2 aromatic heterocycles. The van der Waals surface area contributed by atoms with Crippen molar-refractivity contribution in [2.75, 3.05) is 5.32 Å². The molecule has 0 aliphatic carbocycles. The fraction of sp³-hybridized carbons (Fsp3) is 0. The van der Waals surface area contributed by atoms with Crippen LogP contribution in [0.15, 0.2) is 54.7 Å². The molecular weight excluding hydrogens is 330 g/mol. The van der Waals surface area contributed by atoms with Gasteiger partial charge in [-0.3, -0.25) is 10.1 Å². The summed E-state index contributed by atoms with van der Waals surface area (Å²) < 4.78 is 1.02. The Morgan fingerprint density at radius 3 is 2.83 bits per heavy atom. The predicted octanol–water partition coefficient (Wildman–Crippen LogP) is 4.75. The number of hydrogen-bond acceptors (Lipinski definition) is 4. The van der Waals surface area contributed by atoms with Gasteiger partial charge in [0.15, 0.2) is 5.13 Å². The summed E-state index contributed by atoms with van der Waals surface area (Å²) >= 11 is 7.39. The highest BCUT2D eigenvalue weighted by molar-refractivity contribution is 7.22. The van der Waals surface area contributed by atoms with Crippen molar-refractivity contribution in [2.45, 2.75) is 0 Å². The van der Waals surface area contributed by atoms with Crippen LogP contribution in [0.4, 0.5) is 5.13 Å². The lowest BCUT2D eigenvalue weighted by molar-refractivity contribution is 0.102. The third kappa shape index (κ3) is 2.54. The summed E-state index contributed by atoms with van der Waals surface area (Å²) in [6, 6.07) is 15.4. The van der Waals surface area contributed by atoms with Crippen molar-refractivity contribution in [2.24, 2.45) is 0 Å². The molecule has 0 radical (unpaired) electrons. The second-order valence-electron chi connectivity index (χ2n) is 4.95. The van der Waals surface area contributed by atoms with Gasteiger partial charge >= 0.3 is 0 Å². The number of aromatic nitrogens is 2. The first-order valence-corrected chi connectivity index (χ1v) is 8.12. The molecule has 0 bridgehead atoms. The summed E-state index contributed by atoms with van der Waals surface area (Å²) in [7, 11) is 0. The Morgan fingerprint density at radius 2 is 1.96 bits per heavy atom. The van der Waals surface area contributed by atoms with Crippen molar-refractivity contribution in [3.8, 4) is 0 Å². The highest BCUT2D eigenvalue weighted by Crippen LogP contribution is 2.32. The van der Waals surface area contributed by atoms with E-state index < -0.39 is 0 Å². The van der Waals surface area contributed by atoms with Crippen molar-refractivity contribution < 1.29 is 4.79 Å². The molecule has 0 aliphatic heterocycles. The molecule has 4 aromatic rings. The van der Waals surface area contributed by atoms with E-state index in [1.807, 2.05) is 30.3 Å². The van der Waals surface area contributed by atoms with Crippen molar-refractivity contribution >= 4 is 55.0 Å². The molecule has 0 fully saturated rings. The number of pyridine rings is 1. The van der Waals surface area contributed by atoms with Gasteiger partial charge in [-0.1, -0.05) is 53.3 Å². The van der Waals surface area contributed by atoms with E-state index in [1.54, 1.807) is 18.3 Å². The van der Waals surface area contributed by atoms with Crippen LogP contribution in [0.3, 0.4) is 0 Å². The van der Waals surface area contributed by atoms with E-state index in [9.17, 15) is 4.79 Å². The van der Waals surface area contributed by atoms with Crippen LogP contribution in [0.2, 0.25) is 5.15 Å².